The average molecular weight is 510 g/mol. The Kier molecular flexibility index (Phi) is 9.35. The topological polar surface area (TPSA) is 107 Å². The molecule has 1 aliphatic heterocycles. The predicted octanol–water partition coefficient (Wildman–Crippen LogP) is 3.04. The van der Waals surface area contributed by atoms with Crippen molar-refractivity contribution in [3.8, 4) is 5.75 Å². The summed E-state index contributed by atoms with van der Waals surface area (Å²) in [5.41, 5.74) is 2.51. The number of aliphatic hydroxyl groups is 1. The summed E-state index contributed by atoms with van der Waals surface area (Å²) in [6.45, 7) is 4.17. The van der Waals surface area contributed by atoms with Crippen molar-refractivity contribution in [2.45, 2.75) is 57.7 Å². The first-order valence-corrected chi connectivity index (χ1v) is 13.2. The number of rotatable bonds is 8. The molecule has 9 heteroatoms. The Morgan fingerprint density at radius 2 is 1.97 bits per heavy atom. The monoisotopic (exact) mass is 509 g/mol. The van der Waals surface area contributed by atoms with Crippen molar-refractivity contribution in [1.29, 1.82) is 0 Å². The number of likely N-dealkylation sites (N-methyl/N-ethyl adjacent to an activating group) is 1. The summed E-state index contributed by atoms with van der Waals surface area (Å²) in [7, 11) is 2.05. The number of carbonyl (C=O) groups excluding carboxylic acids is 2. The molecule has 3 N–H and O–H groups in total. The van der Waals surface area contributed by atoms with E-state index in [1.165, 1.54) is 0 Å². The Balaban J connectivity index is 1.52. The van der Waals surface area contributed by atoms with E-state index in [2.05, 4.69) is 34.5 Å². The van der Waals surface area contributed by atoms with Crippen LogP contribution in [0, 0.1) is 5.92 Å². The zero-order valence-electron chi connectivity index (χ0n) is 21.9. The van der Waals surface area contributed by atoms with Gasteiger partial charge in [-0.05, 0) is 55.8 Å². The highest BCUT2D eigenvalue weighted by Gasteiger charge is 2.29. The molecule has 1 aromatic carbocycles. The van der Waals surface area contributed by atoms with Crippen LogP contribution < -0.4 is 15.4 Å². The van der Waals surface area contributed by atoms with Crippen LogP contribution in [-0.4, -0.2) is 77.3 Å². The van der Waals surface area contributed by atoms with Crippen LogP contribution in [-0.2, 0) is 17.8 Å². The van der Waals surface area contributed by atoms with Gasteiger partial charge in [0.2, 0.25) is 5.91 Å². The second-order valence-electron chi connectivity index (χ2n) is 10.3. The summed E-state index contributed by atoms with van der Waals surface area (Å²) in [5, 5.41) is 15.5. The number of nitrogens with zero attached hydrogens (tertiary/aromatic N) is 3. The number of anilines is 1. The van der Waals surface area contributed by atoms with Crippen LogP contribution in [0.5, 0.6) is 5.75 Å². The summed E-state index contributed by atoms with van der Waals surface area (Å²) in [5.74, 6) is 0.621. The molecular weight excluding hydrogens is 470 g/mol. The first kappa shape index (κ1) is 26.9. The minimum atomic E-state index is -0.228. The minimum absolute atomic E-state index is 0.0383. The number of fused-ring (bicyclic) bond motifs is 1. The van der Waals surface area contributed by atoms with Crippen LogP contribution in [0.1, 0.15) is 43.7 Å². The maximum atomic E-state index is 13.2. The van der Waals surface area contributed by atoms with Gasteiger partial charge in [-0.1, -0.05) is 19.8 Å². The number of aliphatic hydroxyl groups excluding tert-OH is 1. The minimum Gasteiger partial charge on any atom is -0.488 e. The molecule has 37 heavy (non-hydrogen) atoms. The molecule has 0 radical (unpaired) electrons. The number of benzene rings is 1. The Labute approximate surface area is 219 Å². The highest BCUT2D eigenvalue weighted by atomic mass is 16.5. The molecule has 0 saturated heterocycles. The van der Waals surface area contributed by atoms with E-state index in [9.17, 15) is 14.7 Å². The van der Waals surface area contributed by atoms with Crippen molar-refractivity contribution in [3.63, 3.8) is 0 Å². The fourth-order valence-corrected chi connectivity index (χ4v) is 5.18. The summed E-state index contributed by atoms with van der Waals surface area (Å²) in [6.07, 6.45) is 7.85. The molecule has 1 aromatic heterocycles. The van der Waals surface area contributed by atoms with E-state index in [0.717, 1.165) is 43.4 Å². The summed E-state index contributed by atoms with van der Waals surface area (Å²) in [6, 6.07) is 9.48. The Hall–Kier alpha value is -3.17. The van der Waals surface area contributed by atoms with Crippen molar-refractivity contribution in [1.82, 2.24) is 20.1 Å². The SMILES string of the molecule is C[C@@H]1CN(CCO)C(=O)Cc2cc(NC(=O)NC3CCCC3)ccc2O[C@H]1CN(C)Cc1ccncc1. The van der Waals surface area contributed by atoms with E-state index < -0.39 is 0 Å². The average Bonchev–Trinajstić information content (AvgIpc) is 3.38. The van der Waals surface area contributed by atoms with Gasteiger partial charge < -0.3 is 25.4 Å². The molecule has 1 saturated carbocycles. The molecule has 200 valence electrons. The molecule has 2 heterocycles. The lowest BCUT2D eigenvalue weighted by atomic mass is 10.0. The maximum Gasteiger partial charge on any atom is 0.319 e. The Morgan fingerprint density at radius 3 is 2.70 bits per heavy atom. The van der Waals surface area contributed by atoms with Gasteiger partial charge in [-0.3, -0.25) is 14.7 Å². The second kappa shape index (κ2) is 12.9. The summed E-state index contributed by atoms with van der Waals surface area (Å²) in [4.78, 5) is 33.7. The third-order valence-corrected chi connectivity index (χ3v) is 7.19. The number of ether oxygens (including phenoxy) is 1. The normalized spacial score (nSPS) is 20.5. The van der Waals surface area contributed by atoms with Gasteiger partial charge in [0, 0.05) is 61.8 Å². The molecule has 0 unspecified atom stereocenters. The molecule has 9 nitrogen and oxygen atoms in total. The predicted molar refractivity (Wildman–Crippen MR) is 142 cm³/mol. The molecule has 2 aromatic rings. The van der Waals surface area contributed by atoms with E-state index in [1.807, 2.05) is 30.3 Å². The number of nitrogens with one attached hydrogen (secondary N) is 2. The van der Waals surface area contributed by atoms with Crippen LogP contribution in [0.3, 0.4) is 0 Å². The quantitative estimate of drug-likeness (QED) is 0.505. The number of hydrogen-bond acceptors (Lipinski definition) is 6. The van der Waals surface area contributed by atoms with Crippen molar-refractivity contribution < 1.29 is 19.4 Å². The van der Waals surface area contributed by atoms with E-state index in [1.54, 1.807) is 17.3 Å². The van der Waals surface area contributed by atoms with E-state index in [-0.39, 0.29) is 49.6 Å². The third-order valence-electron chi connectivity index (χ3n) is 7.19. The van der Waals surface area contributed by atoms with Gasteiger partial charge in [-0.15, -0.1) is 0 Å². The van der Waals surface area contributed by atoms with Crippen LogP contribution in [0.15, 0.2) is 42.7 Å². The number of urea groups is 1. The zero-order valence-corrected chi connectivity index (χ0v) is 21.9. The van der Waals surface area contributed by atoms with Gasteiger partial charge in [-0.2, -0.15) is 0 Å². The van der Waals surface area contributed by atoms with Crippen molar-refractivity contribution in [3.05, 3.63) is 53.9 Å². The highest BCUT2D eigenvalue weighted by molar-refractivity contribution is 5.90. The Bertz CT molecular complexity index is 1040. The van der Waals surface area contributed by atoms with Crippen molar-refractivity contribution in [2.75, 3.05) is 38.6 Å². The number of pyridine rings is 1. The van der Waals surface area contributed by atoms with E-state index >= 15 is 0 Å². The number of hydrogen-bond donors (Lipinski definition) is 3. The molecule has 1 aliphatic carbocycles. The standard InChI is InChI=1S/C28H39N5O4/c1-20-17-33(13-14-34)27(35)16-22-15-24(31-28(36)30-23-5-3-4-6-23)7-8-25(22)37-26(20)19-32(2)18-21-9-11-29-12-10-21/h7-12,15,20,23,26,34H,3-6,13-14,16-19H2,1-2H3,(H2,30,31,36)/t20-,26+/m1/s1. The summed E-state index contributed by atoms with van der Waals surface area (Å²) >= 11 is 0. The molecule has 2 aliphatic rings. The lowest BCUT2D eigenvalue weighted by Gasteiger charge is -2.31. The van der Waals surface area contributed by atoms with Crippen LogP contribution in [0.25, 0.3) is 0 Å². The van der Waals surface area contributed by atoms with Gasteiger partial charge in [0.05, 0.1) is 13.0 Å². The molecule has 4 rings (SSSR count). The summed E-state index contributed by atoms with van der Waals surface area (Å²) < 4.78 is 6.56. The molecule has 0 spiro atoms. The number of β-amino-alcohol motifs (C(OH)–C–C–N with tert-alkyl or cyclic N) is 1. The Morgan fingerprint density at radius 1 is 1.22 bits per heavy atom. The van der Waals surface area contributed by atoms with Crippen molar-refractivity contribution in [2.24, 2.45) is 5.92 Å². The van der Waals surface area contributed by atoms with Crippen molar-refractivity contribution >= 4 is 17.6 Å². The fourth-order valence-electron chi connectivity index (χ4n) is 5.18. The van der Waals surface area contributed by atoms with Gasteiger partial charge in [0.25, 0.3) is 0 Å². The molecule has 2 atom stereocenters. The maximum absolute atomic E-state index is 13.2. The number of carbonyl (C=O) groups is 2. The zero-order chi connectivity index (χ0) is 26.2. The van der Waals surface area contributed by atoms with Gasteiger partial charge in [0.15, 0.2) is 0 Å². The largest absolute Gasteiger partial charge is 0.488 e. The highest BCUT2D eigenvalue weighted by Crippen LogP contribution is 2.29. The number of aromatic nitrogens is 1. The molecular formula is C28H39N5O4. The molecule has 1 fully saturated rings. The number of amides is 3. The van der Waals surface area contributed by atoms with Gasteiger partial charge >= 0.3 is 6.03 Å². The molecule has 3 amide bonds. The first-order valence-electron chi connectivity index (χ1n) is 13.2. The smallest absolute Gasteiger partial charge is 0.319 e. The van der Waals surface area contributed by atoms with Gasteiger partial charge in [0.1, 0.15) is 11.9 Å². The van der Waals surface area contributed by atoms with Crippen LogP contribution in [0.4, 0.5) is 10.5 Å². The third kappa shape index (κ3) is 7.66. The van der Waals surface area contributed by atoms with Crippen LogP contribution >= 0.6 is 0 Å². The first-order chi connectivity index (χ1) is 17.9. The van der Waals surface area contributed by atoms with E-state index in [0.29, 0.717) is 24.5 Å². The fraction of sp³-hybridized carbons (Fsp3) is 0.536. The molecule has 0 bridgehead atoms. The van der Waals surface area contributed by atoms with Crippen LogP contribution in [0.2, 0.25) is 0 Å². The second-order valence-corrected chi connectivity index (χ2v) is 10.3. The lowest BCUT2D eigenvalue weighted by molar-refractivity contribution is -0.131. The lowest BCUT2D eigenvalue weighted by Crippen LogP contribution is -2.44. The van der Waals surface area contributed by atoms with Gasteiger partial charge in [-0.25, -0.2) is 4.79 Å². The van der Waals surface area contributed by atoms with E-state index in [4.69, 9.17) is 4.74 Å².